The third-order valence-electron chi connectivity index (χ3n) is 10.1. The first-order chi connectivity index (χ1) is 24.1. The van der Waals surface area contributed by atoms with Crippen molar-refractivity contribution in [2.75, 3.05) is 5.32 Å². The van der Waals surface area contributed by atoms with Crippen molar-refractivity contribution in [3.63, 3.8) is 0 Å². The number of benzene rings is 7. The molecule has 0 bridgehead atoms. The molecule has 236 valence electrons. The number of hydrogen-bond donors (Lipinski definition) is 1. The summed E-state index contributed by atoms with van der Waals surface area (Å²) in [5.74, 6) is 1.06. The van der Waals surface area contributed by atoms with Gasteiger partial charge in [-0.05, 0) is 92.0 Å². The van der Waals surface area contributed by atoms with Crippen LogP contribution in [0.5, 0.6) is 5.75 Å². The minimum atomic E-state index is -0.0230. The van der Waals surface area contributed by atoms with Crippen LogP contribution >= 0.6 is 0 Å². The monoisotopic (exact) mass is 632 g/mol. The van der Waals surface area contributed by atoms with Gasteiger partial charge in [0.05, 0.1) is 17.1 Å². The predicted octanol–water partition coefficient (Wildman–Crippen LogP) is 10.2. The number of nitrogens with one attached hydrogen (secondary N) is 1. The summed E-state index contributed by atoms with van der Waals surface area (Å²) >= 11 is 0. The number of hydrogen-bond acceptors (Lipinski definition) is 3. The van der Waals surface area contributed by atoms with Crippen LogP contribution < -0.4 is 20.6 Å². The SMILES string of the molecule is CC1Nc2ccc(-c3cccc(-c4ccc5ccccc5c4-c4ccccc4C4=c5ccccc5=NC(c5ccccc5)C4C)c3)cc2O1. The average molecular weight is 633 g/mol. The van der Waals surface area contributed by atoms with E-state index in [2.05, 4.69) is 170 Å². The maximum Gasteiger partial charge on any atom is 0.167 e. The molecule has 0 saturated heterocycles. The zero-order valence-corrected chi connectivity index (χ0v) is 27.6. The molecule has 0 spiro atoms. The van der Waals surface area contributed by atoms with Crippen LogP contribution in [0.3, 0.4) is 0 Å². The molecular weight excluding hydrogens is 597 g/mol. The molecule has 9 rings (SSSR count). The van der Waals surface area contributed by atoms with Gasteiger partial charge in [-0.15, -0.1) is 0 Å². The molecule has 0 amide bonds. The fourth-order valence-electron chi connectivity index (χ4n) is 7.84. The second kappa shape index (κ2) is 11.9. The summed E-state index contributed by atoms with van der Waals surface area (Å²) in [6, 6.07) is 57.1. The molecule has 0 radical (unpaired) electrons. The van der Waals surface area contributed by atoms with Gasteiger partial charge in [-0.25, -0.2) is 0 Å². The Morgan fingerprint density at radius 2 is 1.31 bits per heavy atom. The van der Waals surface area contributed by atoms with Crippen LogP contribution in [0.25, 0.3) is 49.7 Å². The Kier molecular flexibility index (Phi) is 7.13. The van der Waals surface area contributed by atoms with Crippen LogP contribution in [0.2, 0.25) is 0 Å². The van der Waals surface area contributed by atoms with Gasteiger partial charge in [0.2, 0.25) is 0 Å². The summed E-state index contributed by atoms with van der Waals surface area (Å²) in [5, 5.41) is 8.10. The lowest BCUT2D eigenvalue weighted by Crippen LogP contribution is -2.36. The van der Waals surface area contributed by atoms with E-state index in [1.807, 2.05) is 6.92 Å². The van der Waals surface area contributed by atoms with Gasteiger partial charge in [-0.3, -0.25) is 4.99 Å². The van der Waals surface area contributed by atoms with E-state index < -0.39 is 0 Å². The first-order valence-electron chi connectivity index (χ1n) is 17.1. The molecule has 0 aliphatic carbocycles. The van der Waals surface area contributed by atoms with Crippen LogP contribution in [0.15, 0.2) is 163 Å². The molecule has 49 heavy (non-hydrogen) atoms. The number of ether oxygens (including phenoxy) is 1. The van der Waals surface area contributed by atoms with Crippen molar-refractivity contribution < 1.29 is 4.74 Å². The number of rotatable bonds is 5. The molecule has 7 aromatic carbocycles. The van der Waals surface area contributed by atoms with E-state index in [1.54, 1.807) is 0 Å². The summed E-state index contributed by atoms with van der Waals surface area (Å²) < 4.78 is 6.03. The first kappa shape index (κ1) is 29.2. The minimum absolute atomic E-state index is 0.0230. The van der Waals surface area contributed by atoms with E-state index in [0.29, 0.717) is 0 Å². The molecule has 0 fully saturated rings. The molecule has 3 nitrogen and oxygen atoms in total. The van der Waals surface area contributed by atoms with Crippen LogP contribution in [0.4, 0.5) is 5.69 Å². The molecule has 3 unspecified atom stereocenters. The molecule has 3 atom stereocenters. The lowest BCUT2D eigenvalue weighted by molar-refractivity contribution is 0.275. The van der Waals surface area contributed by atoms with Crippen LogP contribution in [0, 0.1) is 5.92 Å². The topological polar surface area (TPSA) is 33.6 Å². The van der Waals surface area contributed by atoms with Crippen LogP contribution in [0.1, 0.15) is 31.0 Å². The Morgan fingerprint density at radius 1 is 0.571 bits per heavy atom. The van der Waals surface area contributed by atoms with Gasteiger partial charge in [0.1, 0.15) is 5.75 Å². The summed E-state index contributed by atoms with van der Waals surface area (Å²) in [6.45, 7) is 4.37. The molecular formula is C46H36N2O. The number of fused-ring (bicyclic) bond motifs is 3. The summed E-state index contributed by atoms with van der Waals surface area (Å²) in [5.41, 5.74) is 12.0. The van der Waals surface area contributed by atoms with E-state index in [-0.39, 0.29) is 18.2 Å². The van der Waals surface area contributed by atoms with Crippen molar-refractivity contribution in [3.8, 4) is 39.1 Å². The van der Waals surface area contributed by atoms with Crippen molar-refractivity contribution in [2.45, 2.75) is 26.1 Å². The number of para-hydroxylation sites is 1. The molecule has 0 saturated carbocycles. The molecule has 3 heteroatoms. The fraction of sp³-hybridized carbons (Fsp3) is 0.109. The van der Waals surface area contributed by atoms with E-state index >= 15 is 0 Å². The van der Waals surface area contributed by atoms with Crippen LogP contribution in [-0.4, -0.2) is 6.23 Å². The molecule has 2 heterocycles. The Morgan fingerprint density at radius 3 is 2.20 bits per heavy atom. The van der Waals surface area contributed by atoms with Gasteiger partial charge in [0.25, 0.3) is 0 Å². The third-order valence-corrected chi connectivity index (χ3v) is 10.1. The van der Waals surface area contributed by atoms with Crippen LogP contribution in [-0.2, 0) is 0 Å². The zero-order chi connectivity index (χ0) is 32.9. The highest BCUT2D eigenvalue weighted by atomic mass is 16.5. The maximum absolute atomic E-state index is 6.03. The standard InChI is InChI=1S/C46H36N2O/c1-29-44(40-21-10-11-22-41(40)48-46(29)32-14-4-3-5-15-32)38-19-8-9-20-39(38)45-36-18-7-6-13-31(36)23-25-37(45)35-17-12-16-33(27-35)34-24-26-42-43(28-34)49-30(2)47-42/h3-30,46-47H,1-2H3. The van der Waals surface area contributed by atoms with Crippen molar-refractivity contribution in [2.24, 2.45) is 10.9 Å². The zero-order valence-electron chi connectivity index (χ0n) is 27.6. The Hall–Kier alpha value is -5.93. The van der Waals surface area contributed by atoms with E-state index in [0.717, 1.165) is 27.9 Å². The minimum Gasteiger partial charge on any atom is -0.469 e. The van der Waals surface area contributed by atoms with Gasteiger partial charge in [-0.2, -0.15) is 0 Å². The van der Waals surface area contributed by atoms with Crippen molar-refractivity contribution in [1.29, 1.82) is 0 Å². The second-order valence-electron chi connectivity index (χ2n) is 13.2. The summed E-state index contributed by atoms with van der Waals surface area (Å²) in [4.78, 5) is 5.32. The average Bonchev–Trinajstić information content (AvgIpc) is 3.54. The van der Waals surface area contributed by atoms with Gasteiger partial charge in [0, 0.05) is 11.1 Å². The van der Waals surface area contributed by atoms with Crippen molar-refractivity contribution >= 4 is 22.0 Å². The molecule has 2 aliphatic rings. The molecule has 2 aliphatic heterocycles. The Bertz CT molecular complexity index is 2500. The van der Waals surface area contributed by atoms with E-state index in [1.165, 1.54) is 54.9 Å². The second-order valence-corrected chi connectivity index (χ2v) is 13.2. The first-order valence-corrected chi connectivity index (χ1v) is 17.1. The lowest BCUT2D eigenvalue weighted by Gasteiger charge is -2.29. The Labute approximate surface area is 286 Å². The normalized spacial score (nSPS) is 17.8. The highest BCUT2D eigenvalue weighted by molar-refractivity contribution is 6.06. The van der Waals surface area contributed by atoms with E-state index in [9.17, 15) is 0 Å². The number of anilines is 1. The van der Waals surface area contributed by atoms with E-state index in [4.69, 9.17) is 9.73 Å². The fourth-order valence-corrected chi connectivity index (χ4v) is 7.84. The largest absolute Gasteiger partial charge is 0.469 e. The van der Waals surface area contributed by atoms with Gasteiger partial charge in [0.15, 0.2) is 6.23 Å². The third kappa shape index (κ3) is 5.10. The maximum atomic E-state index is 6.03. The van der Waals surface area contributed by atoms with Crippen molar-refractivity contribution in [1.82, 2.24) is 0 Å². The van der Waals surface area contributed by atoms with Gasteiger partial charge in [-0.1, -0.05) is 140 Å². The van der Waals surface area contributed by atoms with Gasteiger partial charge < -0.3 is 10.1 Å². The highest BCUT2D eigenvalue weighted by Crippen LogP contribution is 2.45. The summed E-state index contributed by atoms with van der Waals surface area (Å²) in [6.07, 6.45) is -0.0230. The van der Waals surface area contributed by atoms with Gasteiger partial charge >= 0.3 is 0 Å². The predicted molar refractivity (Wildman–Crippen MR) is 202 cm³/mol. The summed E-state index contributed by atoms with van der Waals surface area (Å²) in [7, 11) is 0. The highest BCUT2D eigenvalue weighted by Gasteiger charge is 2.29. The molecule has 0 aromatic heterocycles. The van der Waals surface area contributed by atoms with Crippen molar-refractivity contribution in [3.05, 3.63) is 179 Å². The smallest absolute Gasteiger partial charge is 0.167 e. The Balaban J connectivity index is 1.26. The quantitative estimate of drug-likeness (QED) is 0.205. The molecule has 7 aromatic rings. The lowest BCUT2D eigenvalue weighted by atomic mass is 9.78. The number of nitrogens with zero attached hydrogens (tertiary/aromatic N) is 1. The molecule has 1 N–H and O–H groups in total.